The van der Waals surface area contributed by atoms with Gasteiger partial charge in [0.15, 0.2) is 0 Å². The second-order valence-electron chi connectivity index (χ2n) is 5.16. The summed E-state index contributed by atoms with van der Waals surface area (Å²) in [4.78, 5) is 24.3. The van der Waals surface area contributed by atoms with Gasteiger partial charge in [0.2, 0.25) is 5.91 Å². The second-order valence-corrected chi connectivity index (χ2v) is 5.16. The molecule has 98 valence electrons. The van der Waals surface area contributed by atoms with Crippen LogP contribution < -0.4 is 5.32 Å². The molecule has 5 nitrogen and oxygen atoms in total. The number of amides is 1. The maximum absolute atomic E-state index is 12.0. The molecule has 1 saturated carbocycles. The minimum atomic E-state index is -0.245. The summed E-state index contributed by atoms with van der Waals surface area (Å²) in [6.45, 7) is 0.981. The largest absolute Gasteiger partial charge is 0.326 e. The lowest BCUT2D eigenvalue weighted by Gasteiger charge is -2.21. The lowest BCUT2D eigenvalue weighted by molar-refractivity contribution is -0.130. The number of carbonyl (C=O) groups excluding carboxylic acids is 2. The number of nitrogens with one attached hydrogen (secondary N) is 1. The minimum Gasteiger partial charge on any atom is -0.326 e. The van der Waals surface area contributed by atoms with E-state index in [1.165, 1.54) is 0 Å². The molecule has 0 spiro atoms. The van der Waals surface area contributed by atoms with Crippen LogP contribution in [0, 0.1) is 17.2 Å². The molecule has 0 bridgehead atoms. The Morgan fingerprint density at radius 1 is 1.44 bits per heavy atom. The highest BCUT2D eigenvalue weighted by Gasteiger charge is 2.29. The highest BCUT2D eigenvalue weighted by atomic mass is 16.2. The first-order valence-electron chi connectivity index (χ1n) is 6.62. The van der Waals surface area contributed by atoms with E-state index >= 15 is 0 Å². The van der Waals surface area contributed by atoms with Gasteiger partial charge < -0.3 is 15.0 Å². The van der Waals surface area contributed by atoms with E-state index in [4.69, 9.17) is 5.26 Å². The standard InChI is InChI=1S/C13H19N3O2/c14-7-12-2-1-5-16(12)13(18)8-15-11-4-3-10(6-11)9-17/h9-12,15H,1-6,8H2/t10?,11?,12-/m0/s1. The van der Waals surface area contributed by atoms with Crippen LogP contribution in [0.15, 0.2) is 0 Å². The van der Waals surface area contributed by atoms with Crippen molar-refractivity contribution in [2.24, 2.45) is 5.92 Å². The van der Waals surface area contributed by atoms with Gasteiger partial charge in [0, 0.05) is 18.5 Å². The molecule has 1 aliphatic carbocycles. The van der Waals surface area contributed by atoms with E-state index in [9.17, 15) is 9.59 Å². The van der Waals surface area contributed by atoms with Gasteiger partial charge in [-0.3, -0.25) is 4.79 Å². The third kappa shape index (κ3) is 2.88. The topological polar surface area (TPSA) is 73.2 Å². The van der Waals surface area contributed by atoms with Gasteiger partial charge in [-0.05, 0) is 32.1 Å². The average molecular weight is 249 g/mol. The van der Waals surface area contributed by atoms with Crippen LogP contribution in [-0.2, 0) is 9.59 Å². The van der Waals surface area contributed by atoms with E-state index in [2.05, 4.69) is 11.4 Å². The maximum atomic E-state index is 12.0. The van der Waals surface area contributed by atoms with Crippen LogP contribution in [-0.4, -0.2) is 42.3 Å². The Labute approximate surface area is 107 Å². The van der Waals surface area contributed by atoms with Gasteiger partial charge >= 0.3 is 0 Å². The third-order valence-corrected chi connectivity index (χ3v) is 3.93. The van der Waals surface area contributed by atoms with Crippen LogP contribution in [0.25, 0.3) is 0 Å². The third-order valence-electron chi connectivity index (χ3n) is 3.93. The van der Waals surface area contributed by atoms with Gasteiger partial charge in [0.25, 0.3) is 0 Å². The number of rotatable bonds is 4. The Kier molecular flexibility index (Phi) is 4.32. The molecule has 0 aromatic carbocycles. The zero-order valence-corrected chi connectivity index (χ0v) is 10.5. The zero-order valence-electron chi connectivity index (χ0n) is 10.5. The van der Waals surface area contributed by atoms with Crippen molar-refractivity contribution in [3.63, 3.8) is 0 Å². The molecule has 1 amide bonds. The van der Waals surface area contributed by atoms with E-state index in [0.29, 0.717) is 6.54 Å². The van der Waals surface area contributed by atoms with Crippen LogP contribution in [0.2, 0.25) is 0 Å². The van der Waals surface area contributed by atoms with Crippen molar-refractivity contribution in [2.75, 3.05) is 13.1 Å². The SMILES string of the molecule is N#C[C@@H]1CCCN1C(=O)CNC1CCC(C=O)C1. The summed E-state index contributed by atoms with van der Waals surface area (Å²) in [5.41, 5.74) is 0. The Balaban J connectivity index is 1.75. The minimum absolute atomic E-state index is 0.00797. The molecule has 2 aliphatic rings. The molecule has 1 heterocycles. The van der Waals surface area contributed by atoms with Gasteiger partial charge in [-0.1, -0.05) is 0 Å². The summed E-state index contributed by atoms with van der Waals surface area (Å²) < 4.78 is 0. The molecule has 2 rings (SSSR count). The molecule has 1 aliphatic heterocycles. The smallest absolute Gasteiger partial charge is 0.237 e. The van der Waals surface area contributed by atoms with Crippen LogP contribution in [0.4, 0.5) is 0 Å². The zero-order chi connectivity index (χ0) is 13.0. The summed E-state index contributed by atoms with van der Waals surface area (Å²) in [7, 11) is 0. The molecular formula is C13H19N3O2. The van der Waals surface area contributed by atoms with Gasteiger partial charge in [-0.25, -0.2) is 0 Å². The van der Waals surface area contributed by atoms with Crippen LogP contribution in [0.3, 0.4) is 0 Å². The van der Waals surface area contributed by atoms with Gasteiger partial charge in [-0.15, -0.1) is 0 Å². The van der Waals surface area contributed by atoms with Crippen molar-refractivity contribution in [3.8, 4) is 6.07 Å². The van der Waals surface area contributed by atoms with Crippen molar-refractivity contribution in [2.45, 2.75) is 44.2 Å². The number of hydrogen-bond donors (Lipinski definition) is 1. The van der Waals surface area contributed by atoms with E-state index in [1.54, 1.807) is 4.90 Å². The van der Waals surface area contributed by atoms with Crippen LogP contribution in [0.5, 0.6) is 0 Å². The number of hydrogen-bond acceptors (Lipinski definition) is 4. The van der Waals surface area contributed by atoms with Crippen molar-refractivity contribution < 1.29 is 9.59 Å². The number of nitrogens with zero attached hydrogens (tertiary/aromatic N) is 2. The normalized spacial score (nSPS) is 31.3. The van der Waals surface area contributed by atoms with Crippen molar-refractivity contribution in [3.05, 3.63) is 0 Å². The fourth-order valence-corrected chi connectivity index (χ4v) is 2.86. The molecule has 3 atom stereocenters. The molecule has 1 N–H and O–H groups in total. The summed E-state index contributed by atoms with van der Waals surface area (Å²) in [5.74, 6) is 0.157. The molecular weight excluding hydrogens is 230 g/mol. The maximum Gasteiger partial charge on any atom is 0.237 e. The lowest BCUT2D eigenvalue weighted by Crippen LogP contribution is -2.42. The Hall–Kier alpha value is -1.41. The monoisotopic (exact) mass is 249 g/mol. The van der Waals surface area contributed by atoms with Crippen LogP contribution in [0.1, 0.15) is 32.1 Å². The summed E-state index contributed by atoms with van der Waals surface area (Å²) in [6, 6.07) is 2.20. The van der Waals surface area contributed by atoms with E-state index in [1.807, 2.05) is 0 Å². The lowest BCUT2D eigenvalue weighted by atomic mass is 10.1. The van der Waals surface area contributed by atoms with Gasteiger partial charge in [0.1, 0.15) is 12.3 Å². The number of likely N-dealkylation sites (tertiary alicyclic amines) is 1. The van der Waals surface area contributed by atoms with E-state index in [0.717, 1.165) is 38.4 Å². The summed E-state index contributed by atoms with van der Waals surface area (Å²) >= 11 is 0. The molecule has 5 heteroatoms. The Morgan fingerprint density at radius 2 is 2.28 bits per heavy atom. The molecule has 0 aromatic rings. The molecule has 1 saturated heterocycles. The van der Waals surface area contributed by atoms with Crippen LogP contribution >= 0.6 is 0 Å². The summed E-state index contributed by atoms with van der Waals surface area (Å²) in [6.07, 6.45) is 5.42. The highest BCUT2D eigenvalue weighted by molar-refractivity contribution is 5.79. The van der Waals surface area contributed by atoms with E-state index < -0.39 is 0 Å². The van der Waals surface area contributed by atoms with Crippen molar-refractivity contribution in [1.82, 2.24) is 10.2 Å². The molecule has 0 radical (unpaired) electrons. The van der Waals surface area contributed by atoms with E-state index in [-0.39, 0.29) is 30.5 Å². The first-order chi connectivity index (χ1) is 8.74. The quantitative estimate of drug-likeness (QED) is 0.735. The molecule has 2 unspecified atom stereocenters. The summed E-state index contributed by atoms with van der Waals surface area (Å²) in [5, 5.41) is 12.1. The molecule has 2 fully saturated rings. The first kappa shape index (κ1) is 13.0. The fourth-order valence-electron chi connectivity index (χ4n) is 2.86. The number of nitriles is 1. The average Bonchev–Trinajstić information content (AvgIpc) is 3.04. The predicted molar refractivity (Wildman–Crippen MR) is 65.5 cm³/mol. The predicted octanol–water partition coefficient (Wildman–Crippen LogP) is 0.458. The number of aldehydes is 1. The van der Waals surface area contributed by atoms with Gasteiger partial charge in [-0.2, -0.15) is 5.26 Å². The van der Waals surface area contributed by atoms with Crippen molar-refractivity contribution >= 4 is 12.2 Å². The first-order valence-corrected chi connectivity index (χ1v) is 6.62. The highest BCUT2D eigenvalue weighted by Crippen LogP contribution is 2.23. The Bertz CT molecular complexity index is 364. The molecule has 18 heavy (non-hydrogen) atoms. The molecule has 0 aromatic heterocycles. The second kappa shape index (κ2) is 5.96. The van der Waals surface area contributed by atoms with Crippen molar-refractivity contribution in [1.29, 1.82) is 5.26 Å². The Morgan fingerprint density at radius 3 is 2.94 bits per heavy atom. The van der Waals surface area contributed by atoms with Gasteiger partial charge in [0.05, 0.1) is 12.6 Å². The fraction of sp³-hybridized carbons (Fsp3) is 0.769. The number of carbonyl (C=O) groups is 2.